The van der Waals surface area contributed by atoms with Crippen LogP contribution in [-0.2, 0) is 15.0 Å². The average Bonchev–Trinajstić information content (AvgIpc) is 3.80. The molecule has 51 heavy (non-hydrogen) atoms. The number of carbonyl (C=O) groups is 3. The molecule has 262 valence electrons. The molecule has 5 aliphatic rings. The van der Waals surface area contributed by atoms with Crippen LogP contribution >= 0.6 is 0 Å². The van der Waals surface area contributed by atoms with Crippen LogP contribution in [0.1, 0.15) is 66.1 Å². The Morgan fingerprint density at radius 1 is 0.765 bits per heavy atom. The van der Waals surface area contributed by atoms with Crippen LogP contribution in [0.15, 0.2) is 72.9 Å². The van der Waals surface area contributed by atoms with Crippen molar-refractivity contribution in [1.82, 2.24) is 25.5 Å². The number of anilines is 2. The summed E-state index contributed by atoms with van der Waals surface area (Å²) in [6.07, 6.45) is 7.47. The van der Waals surface area contributed by atoms with Gasteiger partial charge in [0.2, 0.25) is 11.8 Å². The number of nitrogens with zero attached hydrogens (tertiary/aromatic N) is 4. The van der Waals surface area contributed by atoms with Gasteiger partial charge < -0.3 is 20.1 Å². The fraction of sp³-hybridized carbons (Fsp3) is 0.415. The standard InChI is InChI=1S/C41H45N7O3/c49-37-10-9-33(40(51)45-37)28-1-5-31(6-2-28)47-17-12-27(13-18-47)25-46-19-21-48(22-20-46)32-7-3-29(4-8-32)35-23-30(11-16-42-35)36-24-34-38(44-36)41(14-15-41)26-43-39(34)50/h1-8,11,16,23-24,27,33,44H,9-10,12-15,17-22,25-26H2,(H,43,50)(H,45,49,51). The summed E-state index contributed by atoms with van der Waals surface area (Å²) in [5.74, 6) is 0.153. The Labute approximate surface area is 298 Å². The number of H-pyrrole nitrogens is 1. The van der Waals surface area contributed by atoms with Gasteiger partial charge in [0, 0.05) is 104 Å². The zero-order valence-corrected chi connectivity index (χ0v) is 29.0. The normalized spacial score (nSPS) is 22.1. The molecule has 10 nitrogen and oxygen atoms in total. The zero-order chi connectivity index (χ0) is 34.5. The first-order valence-electron chi connectivity index (χ1n) is 18.7. The Morgan fingerprint density at radius 2 is 1.47 bits per heavy atom. The van der Waals surface area contributed by atoms with Crippen molar-refractivity contribution in [3.8, 4) is 22.5 Å². The Hall–Kier alpha value is -4.96. The van der Waals surface area contributed by atoms with Crippen molar-refractivity contribution in [2.24, 2.45) is 5.92 Å². The van der Waals surface area contributed by atoms with Crippen molar-refractivity contribution in [3.05, 3.63) is 89.7 Å². The molecule has 3 N–H and O–H groups in total. The molecule has 0 bridgehead atoms. The lowest BCUT2D eigenvalue weighted by atomic mass is 9.90. The largest absolute Gasteiger partial charge is 0.372 e. The van der Waals surface area contributed by atoms with Gasteiger partial charge in [0.1, 0.15) is 0 Å². The predicted octanol–water partition coefficient (Wildman–Crippen LogP) is 5.08. The van der Waals surface area contributed by atoms with Gasteiger partial charge >= 0.3 is 0 Å². The van der Waals surface area contributed by atoms with E-state index < -0.39 is 0 Å². The summed E-state index contributed by atoms with van der Waals surface area (Å²) in [6.45, 7) is 8.20. The molecule has 1 atom stereocenters. The molecule has 1 saturated carbocycles. The molecule has 4 aliphatic heterocycles. The number of amides is 3. The number of piperidine rings is 2. The number of aromatic amines is 1. The van der Waals surface area contributed by atoms with Crippen molar-refractivity contribution in [3.63, 3.8) is 0 Å². The molecule has 1 unspecified atom stereocenters. The van der Waals surface area contributed by atoms with Gasteiger partial charge in [0.05, 0.1) is 17.2 Å². The maximum Gasteiger partial charge on any atom is 0.253 e. The van der Waals surface area contributed by atoms with E-state index in [0.717, 1.165) is 105 Å². The number of hydrogen-bond donors (Lipinski definition) is 3. The fourth-order valence-electron chi connectivity index (χ4n) is 8.67. The minimum absolute atomic E-state index is 0.0191. The van der Waals surface area contributed by atoms with Crippen LogP contribution in [-0.4, -0.2) is 84.9 Å². The number of carbonyl (C=O) groups excluding carboxylic acids is 3. The fourth-order valence-corrected chi connectivity index (χ4v) is 8.67. The highest BCUT2D eigenvalue weighted by molar-refractivity contribution is 6.01. The number of nitrogens with one attached hydrogen (secondary N) is 3. The van der Waals surface area contributed by atoms with Gasteiger partial charge in [-0.1, -0.05) is 24.3 Å². The molecule has 2 aromatic carbocycles. The highest BCUT2D eigenvalue weighted by Crippen LogP contribution is 2.50. The second kappa shape index (κ2) is 13.0. The number of imide groups is 1. The van der Waals surface area contributed by atoms with Crippen LogP contribution in [0.25, 0.3) is 22.5 Å². The third-order valence-corrected chi connectivity index (χ3v) is 12.0. The number of piperazine rings is 1. The molecule has 4 aromatic rings. The first-order chi connectivity index (χ1) is 24.9. The minimum Gasteiger partial charge on any atom is -0.372 e. The van der Waals surface area contributed by atoms with E-state index >= 15 is 0 Å². The number of fused-ring (bicyclic) bond motifs is 2. The van der Waals surface area contributed by atoms with Crippen molar-refractivity contribution in [1.29, 1.82) is 0 Å². The molecule has 3 amide bonds. The van der Waals surface area contributed by atoms with Gasteiger partial charge in [0.25, 0.3) is 5.91 Å². The van der Waals surface area contributed by atoms with Crippen molar-refractivity contribution >= 4 is 29.1 Å². The van der Waals surface area contributed by atoms with Gasteiger partial charge in [-0.25, -0.2) is 0 Å². The van der Waals surface area contributed by atoms with Gasteiger partial charge in [-0.15, -0.1) is 0 Å². The lowest BCUT2D eigenvalue weighted by molar-refractivity contribution is -0.134. The van der Waals surface area contributed by atoms with Gasteiger partial charge in [-0.3, -0.25) is 29.6 Å². The van der Waals surface area contributed by atoms with Gasteiger partial charge in [-0.2, -0.15) is 0 Å². The topological polar surface area (TPSA) is 114 Å². The van der Waals surface area contributed by atoms with Crippen molar-refractivity contribution in [2.45, 2.75) is 49.9 Å². The Kier molecular flexibility index (Phi) is 8.14. The minimum atomic E-state index is -0.230. The van der Waals surface area contributed by atoms with E-state index in [1.807, 2.05) is 18.3 Å². The second-order valence-corrected chi connectivity index (χ2v) is 15.2. The Morgan fingerprint density at radius 3 is 2.18 bits per heavy atom. The number of benzene rings is 2. The summed E-state index contributed by atoms with van der Waals surface area (Å²) >= 11 is 0. The summed E-state index contributed by atoms with van der Waals surface area (Å²) in [4.78, 5) is 52.2. The summed E-state index contributed by atoms with van der Waals surface area (Å²) in [7, 11) is 0. The van der Waals surface area contributed by atoms with Crippen LogP contribution in [0.4, 0.5) is 11.4 Å². The van der Waals surface area contributed by atoms with E-state index in [-0.39, 0.29) is 29.1 Å². The second-order valence-electron chi connectivity index (χ2n) is 15.2. The lowest BCUT2D eigenvalue weighted by Gasteiger charge is -2.40. The first-order valence-corrected chi connectivity index (χ1v) is 18.7. The summed E-state index contributed by atoms with van der Waals surface area (Å²) in [6, 6.07) is 23.3. The van der Waals surface area contributed by atoms with Crippen molar-refractivity contribution in [2.75, 3.05) is 62.2 Å². The SMILES string of the molecule is O=C1CCC(c2ccc(N3CCC(CN4CCN(c5ccc(-c6cc(-c7cc8c([nH]7)C7(CC7)CNC8=O)ccn6)cc5)CC4)CC3)cc2)C(=O)N1. The molecule has 9 rings (SSSR count). The molecule has 0 radical (unpaired) electrons. The summed E-state index contributed by atoms with van der Waals surface area (Å²) in [5, 5.41) is 5.54. The summed E-state index contributed by atoms with van der Waals surface area (Å²) < 4.78 is 0. The lowest BCUT2D eigenvalue weighted by Crippen LogP contribution is -2.49. The number of aromatic nitrogens is 2. The molecule has 6 heterocycles. The van der Waals surface area contributed by atoms with Crippen LogP contribution in [0, 0.1) is 5.92 Å². The molecule has 1 aliphatic carbocycles. The predicted molar refractivity (Wildman–Crippen MR) is 198 cm³/mol. The van der Waals surface area contributed by atoms with E-state index in [9.17, 15) is 14.4 Å². The molecule has 10 heteroatoms. The van der Waals surface area contributed by atoms with Crippen LogP contribution in [0.3, 0.4) is 0 Å². The molecule has 4 fully saturated rings. The van der Waals surface area contributed by atoms with Gasteiger partial charge in [-0.05, 0) is 86.1 Å². The molecule has 3 saturated heterocycles. The van der Waals surface area contributed by atoms with E-state index in [1.165, 1.54) is 24.2 Å². The van der Waals surface area contributed by atoms with E-state index in [1.54, 1.807) is 0 Å². The average molecular weight is 684 g/mol. The van der Waals surface area contributed by atoms with Crippen LogP contribution in [0.2, 0.25) is 0 Å². The smallest absolute Gasteiger partial charge is 0.253 e. The third-order valence-electron chi connectivity index (χ3n) is 12.0. The zero-order valence-electron chi connectivity index (χ0n) is 29.0. The Balaban J connectivity index is 0.758. The highest BCUT2D eigenvalue weighted by Gasteiger charge is 2.50. The molecule has 1 spiro atoms. The maximum absolute atomic E-state index is 12.6. The maximum atomic E-state index is 12.6. The number of hydrogen-bond acceptors (Lipinski definition) is 7. The van der Waals surface area contributed by atoms with E-state index in [2.05, 4.69) is 89.9 Å². The van der Waals surface area contributed by atoms with E-state index in [4.69, 9.17) is 0 Å². The van der Waals surface area contributed by atoms with Crippen LogP contribution < -0.4 is 20.4 Å². The summed E-state index contributed by atoms with van der Waals surface area (Å²) in [5.41, 5.74) is 9.49. The van der Waals surface area contributed by atoms with Crippen LogP contribution in [0.5, 0.6) is 0 Å². The highest BCUT2D eigenvalue weighted by atomic mass is 16.2. The third kappa shape index (κ3) is 6.30. The number of pyridine rings is 1. The monoisotopic (exact) mass is 683 g/mol. The van der Waals surface area contributed by atoms with E-state index in [0.29, 0.717) is 18.8 Å². The van der Waals surface area contributed by atoms with Crippen molar-refractivity contribution < 1.29 is 14.4 Å². The molecular formula is C41H45N7O3. The molecule has 2 aromatic heterocycles. The van der Waals surface area contributed by atoms with Gasteiger partial charge in [0.15, 0.2) is 0 Å². The Bertz CT molecular complexity index is 1950. The molecular weight excluding hydrogens is 638 g/mol. The quantitative estimate of drug-likeness (QED) is 0.233. The first kappa shape index (κ1) is 32.0. The number of rotatable bonds is 7.